The molecule has 100 heavy (non-hydrogen) atoms. The summed E-state index contributed by atoms with van der Waals surface area (Å²) in [6, 6.07) is -2.62. The molecule has 3 saturated heterocycles. The van der Waals surface area contributed by atoms with Gasteiger partial charge in [-0.05, 0) is 44.9 Å². The van der Waals surface area contributed by atoms with E-state index in [0.29, 0.717) is 12.8 Å². The molecule has 0 aromatic rings. The first-order valence-electron chi connectivity index (χ1n) is 39.7. The molecule has 23 heteroatoms. The highest BCUT2D eigenvalue weighted by atomic mass is 16.8. The van der Waals surface area contributed by atoms with Crippen molar-refractivity contribution in [3.05, 3.63) is 24.3 Å². The molecule has 3 aliphatic rings. The van der Waals surface area contributed by atoms with E-state index in [-0.39, 0.29) is 12.3 Å². The van der Waals surface area contributed by atoms with E-state index in [1.54, 1.807) is 6.08 Å². The van der Waals surface area contributed by atoms with Gasteiger partial charge < -0.3 is 100 Å². The van der Waals surface area contributed by atoms with E-state index < -0.39 is 155 Å². The molecule has 0 aromatic carbocycles. The number of nitrogens with one attached hydrogen (secondary N) is 2. The summed E-state index contributed by atoms with van der Waals surface area (Å²) < 4.78 is 34.9. The summed E-state index contributed by atoms with van der Waals surface area (Å²) in [4.78, 5) is 38.6. The molecule has 0 saturated carbocycles. The van der Waals surface area contributed by atoms with E-state index in [4.69, 9.17) is 28.4 Å². The standard InChI is InChI=1S/C77H142N2O21/c1-4-6-8-10-12-14-16-18-20-21-22-23-24-25-26-27-28-29-30-31-32-33-34-35-37-39-41-43-45-47-49-51-64(87)79-58(59(84)50-48-46-44-42-40-38-36-19-17-15-13-11-9-7-5-2)56-95-74-69(91)68(90)71(63(55-82)97-74)98-75-70(92)73(67(89)62(54-81)96-75)100-77(76(93)94)52-60(85)65(78-57(3)83)72(99-77)66(88)61(86)53-80/h25-26,48,50,58-63,65-75,80-82,84-86,88-92H,4-24,27-47,49,51-56H2,1-3H3,(H,78,83)(H,79,87)(H,93,94)/b26-25-,50-48+. The van der Waals surface area contributed by atoms with Crippen molar-refractivity contribution < 1.29 is 104 Å². The lowest BCUT2D eigenvalue weighted by Gasteiger charge is -2.50. The van der Waals surface area contributed by atoms with Gasteiger partial charge in [0, 0.05) is 19.8 Å². The fourth-order valence-corrected chi connectivity index (χ4v) is 13.8. The van der Waals surface area contributed by atoms with Crippen molar-refractivity contribution in [3.8, 4) is 0 Å². The van der Waals surface area contributed by atoms with E-state index in [1.165, 1.54) is 218 Å². The van der Waals surface area contributed by atoms with Crippen LogP contribution in [0.1, 0.15) is 310 Å². The van der Waals surface area contributed by atoms with Gasteiger partial charge in [-0.3, -0.25) is 9.59 Å². The number of amides is 2. The van der Waals surface area contributed by atoms with E-state index in [9.17, 15) is 75.7 Å². The van der Waals surface area contributed by atoms with Crippen LogP contribution in [0.15, 0.2) is 24.3 Å². The Morgan fingerprint density at radius 3 is 1.36 bits per heavy atom. The largest absolute Gasteiger partial charge is 0.477 e. The topological polar surface area (TPSA) is 373 Å². The number of allylic oxidation sites excluding steroid dienone is 3. The molecule has 2 amide bonds. The Hall–Kier alpha value is -2.79. The predicted molar refractivity (Wildman–Crippen MR) is 385 cm³/mol. The second kappa shape index (κ2) is 56.5. The van der Waals surface area contributed by atoms with Crippen molar-refractivity contribution in [2.75, 3.05) is 26.4 Å². The molecule has 586 valence electrons. The Labute approximate surface area is 600 Å². The third-order valence-corrected chi connectivity index (χ3v) is 20.1. The third kappa shape index (κ3) is 37.0. The number of carbonyl (C=O) groups excluding carboxylic acids is 2. The van der Waals surface area contributed by atoms with Crippen LogP contribution in [0, 0.1) is 0 Å². The van der Waals surface area contributed by atoms with Crippen LogP contribution < -0.4 is 10.6 Å². The molecule has 0 spiro atoms. The average Bonchev–Trinajstić information content (AvgIpc) is 0.748. The van der Waals surface area contributed by atoms with Crippen molar-refractivity contribution >= 4 is 17.8 Å². The van der Waals surface area contributed by atoms with Gasteiger partial charge in [0.1, 0.15) is 67.1 Å². The van der Waals surface area contributed by atoms with Crippen molar-refractivity contribution in [1.29, 1.82) is 0 Å². The first-order valence-corrected chi connectivity index (χ1v) is 39.7. The van der Waals surface area contributed by atoms with Gasteiger partial charge in [0.2, 0.25) is 11.8 Å². The highest BCUT2D eigenvalue weighted by Gasteiger charge is 2.60. The molecule has 0 bridgehead atoms. The number of unbranched alkanes of at least 4 members (excludes halogenated alkanes) is 40. The average molecular weight is 1430 g/mol. The molecule has 14 N–H and O–H groups in total. The third-order valence-electron chi connectivity index (χ3n) is 20.1. The minimum absolute atomic E-state index is 0.203. The molecule has 0 radical (unpaired) electrons. The van der Waals surface area contributed by atoms with E-state index in [0.717, 1.165) is 51.9 Å². The van der Waals surface area contributed by atoms with Gasteiger partial charge >= 0.3 is 5.97 Å². The minimum Gasteiger partial charge on any atom is -0.477 e. The second-order valence-electron chi connectivity index (χ2n) is 28.9. The van der Waals surface area contributed by atoms with Crippen LogP contribution in [0.25, 0.3) is 0 Å². The SMILES string of the molecule is CCCCCCCCCCCCCC/C=C\CCCCCCCCCCCCCCCCCC(=O)NC(COC1OC(CO)C(OC2OC(CO)C(O)C(OC3(C(=O)O)CC(O)C(NC(C)=O)C(C(O)C(O)CO)O3)C2O)C(O)C1O)C(O)/C=C/CCCCCCCCCCCCCCC. The molecule has 3 fully saturated rings. The number of carboxylic acid groups (broad SMARTS) is 1. The van der Waals surface area contributed by atoms with Crippen molar-refractivity contribution in [3.63, 3.8) is 0 Å². The number of ether oxygens (including phenoxy) is 6. The Kier molecular flexibility index (Phi) is 51.7. The fourth-order valence-electron chi connectivity index (χ4n) is 13.8. The van der Waals surface area contributed by atoms with Crippen LogP contribution in [0.4, 0.5) is 0 Å². The monoisotopic (exact) mass is 1430 g/mol. The van der Waals surface area contributed by atoms with Crippen LogP contribution in [0.2, 0.25) is 0 Å². The number of carboxylic acids is 1. The summed E-state index contributed by atoms with van der Waals surface area (Å²) in [7, 11) is 0. The summed E-state index contributed by atoms with van der Waals surface area (Å²) in [5.74, 6) is -6.14. The molecule has 0 aromatic heterocycles. The maximum Gasteiger partial charge on any atom is 0.364 e. The molecule has 0 aliphatic carbocycles. The number of hydrogen-bond donors (Lipinski definition) is 14. The maximum absolute atomic E-state index is 13.5. The zero-order chi connectivity index (χ0) is 73.2. The quantitative estimate of drug-likeness (QED) is 0.0199. The van der Waals surface area contributed by atoms with Crippen LogP contribution in [0.3, 0.4) is 0 Å². The summed E-state index contributed by atoms with van der Waals surface area (Å²) in [6.45, 7) is 2.17. The smallest absolute Gasteiger partial charge is 0.364 e. The molecular weight excluding hydrogens is 1290 g/mol. The number of aliphatic carboxylic acids is 1. The minimum atomic E-state index is -3.08. The zero-order valence-corrected chi connectivity index (χ0v) is 61.8. The molecule has 3 rings (SSSR count). The Balaban J connectivity index is 1.48. The summed E-state index contributed by atoms with van der Waals surface area (Å²) >= 11 is 0. The predicted octanol–water partition coefficient (Wildman–Crippen LogP) is 9.96. The molecule has 3 aliphatic heterocycles. The number of aliphatic hydroxyl groups excluding tert-OH is 11. The number of carbonyl (C=O) groups is 3. The summed E-state index contributed by atoms with van der Waals surface area (Å²) in [5, 5.41) is 136. The van der Waals surface area contributed by atoms with Gasteiger partial charge in [0.15, 0.2) is 12.6 Å². The number of aliphatic hydroxyl groups is 11. The summed E-state index contributed by atoms with van der Waals surface area (Å²) in [5.41, 5.74) is 0. The Morgan fingerprint density at radius 1 is 0.520 bits per heavy atom. The first-order chi connectivity index (χ1) is 48.4. The molecule has 3 heterocycles. The molecule has 18 unspecified atom stereocenters. The van der Waals surface area contributed by atoms with Gasteiger partial charge in [0.05, 0.1) is 50.7 Å². The van der Waals surface area contributed by atoms with Crippen molar-refractivity contribution in [2.24, 2.45) is 0 Å². The van der Waals surface area contributed by atoms with Crippen molar-refractivity contribution in [1.82, 2.24) is 10.6 Å². The van der Waals surface area contributed by atoms with Gasteiger partial charge in [0.25, 0.3) is 5.79 Å². The van der Waals surface area contributed by atoms with Gasteiger partial charge in [-0.25, -0.2) is 4.79 Å². The summed E-state index contributed by atoms with van der Waals surface area (Å²) in [6.07, 6.45) is 32.3. The highest BCUT2D eigenvalue weighted by Crippen LogP contribution is 2.39. The molecular formula is C77H142N2O21. The van der Waals surface area contributed by atoms with Crippen LogP contribution in [-0.4, -0.2) is 215 Å². The van der Waals surface area contributed by atoms with Gasteiger partial charge in [-0.1, -0.05) is 269 Å². The highest BCUT2D eigenvalue weighted by molar-refractivity contribution is 5.77. The Morgan fingerprint density at radius 2 is 0.940 bits per heavy atom. The lowest BCUT2D eigenvalue weighted by atomic mass is 9.88. The maximum atomic E-state index is 13.5. The first kappa shape index (κ1) is 91.4. The van der Waals surface area contributed by atoms with Gasteiger partial charge in [-0.2, -0.15) is 0 Å². The Bertz CT molecular complexity index is 2100. The van der Waals surface area contributed by atoms with Gasteiger partial charge in [-0.15, -0.1) is 0 Å². The molecule has 18 atom stereocenters. The number of hydrogen-bond acceptors (Lipinski definition) is 20. The second-order valence-corrected chi connectivity index (χ2v) is 28.9. The number of rotatable bonds is 62. The van der Waals surface area contributed by atoms with Crippen LogP contribution in [0.5, 0.6) is 0 Å². The lowest BCUT2D eigenvalue weighted by Crippen LogP contribution is -2.70. The molecule has 23 nitrogen and oxygen atoms in total. The van der Waals surface area contributed by atoms with Crippen LogP contribution >= 0.6 is 0 Å². The normalized spacial score (nSPS) is 27.0. The van der Waals surface area contributed by atoms with E-state index >= 15 is 0 Å². The van der Waals surface area contributed by atoms with Crippen molar-refractivity contribution in [2.45, 2.75) is 420 Å². The van der Waals surface area contributed by atoms with Crippen LogP contribution in [-0.2, 0) is 42.8 Å². The zero-order valence-electron chi connectivity index (χ0n) is 61.8. The van der Waals surface area contributed by atoms with E-state index in [1.807, 2.05) is 6.08 Å². The lowest BCUT2D eigenvalue weighted by molar-refractivity contribution is -0.386. The van der Waals surface area contributed by atoms with E-state index in [2.05, 4.69) is 36.6 Å². The fraction of sp³-hybridized carbons (Fsp3) is 0.909.